The molecule has 1 aromatic carbocycles. The average Bonchev–Trinajstić information content (AvgIpc) is 2.06. The van der Waals surface area contributed by atoms with Gasteiger partial charge in [-0.05, 0) is 37.1 Å². The largest absolute Gasteiger partial charge is 1.00 e. The monoisotopic (exact) mass is 252 g/mol. The second-order valence-electron chi connectivity index (χ2n) is 3.12. The Morgan fingerprint density at radius 3 is 2.12 bits per heavy atom. The third kappa shape index (κ3) is 3.05. The zero-order valence-corrected chi connectivity index (χ0v) is 12.0. The van der Waals surface area contributed by atoms with Gasteiger partial charge in [-0.1, -0.05) is 0 Å². The SMILES string of the molecule is Cc1c(C(=O)O)ccc(S(=O)(=O)[O-])c1C.[Na+]. The summed E-state index contributed by atoms with van der Waals surface area (Å²) in [7, 11) is -4.54. The van der Waals surface area contributed by atoms with Crippen molar-refractivity contribution < 1.29 is 52.4 Å². The van der Waals surface area contributed by atoms with E-state index < -0.39 is 16.1 Å². The van der Waals surface area contributed by atoms with Gasteiger partial charge in [0.25, 0.3) is 0 Å². The number of benzene rings is 1. The Morgan fingerprint density at radius 1 is 1.25 bits per heavy atom. The zero-order valence-electron chi connectivity index (χ0n) is 9.14. The van der Waals surface area contributed by atoms with Gasteiger partial charge in [0.1, 0.15) is 10.1 Å². The molecule has 0 saturated carbocycles. The van der Waals surface area contributed by atoms with Crippen molar-refractivity contribution in [3.63, 3.8) is 0 Å². The maximum Gasteiger partial charge on any atom is 1.00 e. The van der Waals surface area contributed by atoms with Crippen molar-refractivity contribution in [3.05, 3.63) is 28.8 Å². The van der Waals surface area contributed by atoms with E-state index in [1.165, 1.54) is 13.8 Å². The van der Waals surface area contributed by atoms with Crippen molar-refractivity contribution in [2.24, 2.45) is 0 Å². The van der Waals surface area contributed by atoms with Gasteiger partial charge in [0.2, 0.25) is 0 Å². The Morgan fingerprint density at radius 2 is 1.75 bits per heavy atom. The molecular weight excluding hydrogens is 243 g/mol. The summed E-state index contributed by atoms with van der Waals surface area (Å²) < 4.78 is 32.4. The van der Waals surface area contributed by atoms with Gasteiger partial charge >= 0.3 is 35.5 Å². The van der Waals surface area contributed by atoms with Crippen LogP contribution in [-0.2, 0) is 10.1 Å². The minimum atomic E-state index is -4.54. The molecular formula is C9H9NaO5S. The second-order valence-corrected chi connectivity index (χ2v) is 4.47. The van der Waals surface area contributed by atoms with Crippen LogP contribution in [0.2, 0.25) is 0 Å². The zero-order chi connectivity index (χ0) is 11.8. The van der Waals surface area contributed by atoms with Crippen molar-refractivity contribution in [2.75, 3.05) is 0 Å². The molecule has 0 spiro atoms. The molecule has 5 nitrogen and oxygen atoms in total. The molecule has 1 N–H and O–H groups in total. The van der Waals surface area contributed by atoms with Gasteiger partial charge in [-0.15, -0.1) is 0 Å². The Kier molecular flexibility index (Phi) is 5.15. The van der Waals surface area contributed by atoms with E-state index in [0.29, 0.717) is 5.56 Å². The van der Waals surface area contributed by atoms with E-state index in [1.807, 2.05) is 0 Å². The Hall–Kier alpha value is -0.400. The fraction of sp³-hybridized carbons (Fsp3) is 0.222. The summed E-state index contributed by atoms with van der Waals surface area (Å²) in [6.07, 6.45) is 0. The van der Waals surface area contributed by atoms with Gasteiger partial charge in [0.15, 0.2) is 0 Å². The number of aromatic carboxylic acids is 1. The molecule has 0 aliphatic heterocycles. The molecule has 0 saturated heterocycles. The number of carbonyl (C=O) groups is 1. The topological polar surface area (TPSA) is 94.5 Å². The standard InChI is InChI=1S/C9H10O5S.Na/c1-5-6(2)8(15(12,13)14)4-3-7(5)9(10)11;/h3-4H,1-2H3,(H,10,11)(H,12,13,14);/q;+1/p-1. The fourth-order valence-corrected chi connectivity index (χ4v) is 2.06. The molecule has 82 valence electrons. The number of hydrogen-bond acceptors (Lipinski definition) is 4. The van der Waals surface area contributed by atoms with Crippen molar-refractivity contribution in [1.29, 1.82) is 0 Å². The third-order valence-electron chi connectivity index (χ3n) is 2.24. The Bertz CT molecular complexity index is 521. The van der Waals surface area contributed by atoms with Crippen molar-refractivity contribution in [3.8, 4) is 0 Å². The molecule has 0 radical (unpaired) electrons. The normalized spacial score (nSPS) is 10.7. The Labute approximate surface area is 116 Å². The second kappa shape index (κ2) is 5.29. The van der Waals surface area contributed by atoms with Gasteiger partial charge in [-0.2, -0.15) is 0 Å². The molecule has 0 unspecified atom stereocenters. The van der Waals surface area contributed by atoms with Crippen molar-refractivity contribution in [2.45, 2.75) is 18.7 Å². The molecule has 1 rings (SSSR count). The molecule has 7 heteroatoms. The summed E-state index contributed by atoms with van der Waals surface area (Å²) in [6.45, 7) is 2.88. The Balaban J connectivity index is 0.00000225. The van der Waals surface area contributed by atoms with Crippen molar-refractivity contribution in [1.82, 2.24) is 0 Å². The van der Waals surface area contributed by atoms with Crippen LogP contribution in [-0.4, -0.2) is 24.0 Å². The maximum atomic E-state index is 10.8. The molecule has 0 fully saturated rings. The van der Waals surface area contributed by atoms with E-state index in [-0.39, 0.29) is 45.6 Å². The first-order valence-corrected chi connectivity index (χ1v) is 5.45. The van der Waals surface area contributed by atoms with E-state index in [0.717, 1.165) is 12.1 Å². The maximum absolute atomic E-state index is 10.8. The van der Waals surface area contributed by atoms with Crippen LogP contribution in [0.5, 0.6) is 0 Å². The van der Waals surface area contributed by atoms with Crippen LogP contribution < -0.4 is 29.6 Å². The molecule has 0 heterocycles. The first-order chi connectivity index (χ1) is 6.75. The van der Waals surface area contributed by atoms with E-state index in [9.17, 15) is 17.8 Å². The molecule has 0 atom stereocenters. The van der Waals surface area contributed by atoms with E-state index in [1.54, 1.807) is 0 Å². The van der Waals surface area contributed by atoms with Crippen LogP contribution >= 0.6 is 0 Å². The number of rotatable bonds is 2. The van der Waals surface area contributed by atoms with E-state index in [2.05, 4.69) is 0 Å². The molecule has 16 heavy (non-hydrogen) atoms. The minimum Gasteiger partial charge on any atom is -0.744 e. The number of hydrogen-bond donors (Lipinski definition) is 1. The fourth-order valence-electron chi connectivity index (χ4n) is 1.30. The van der Waals surface area contributed by atoms with E-state index >= 15 is 0 Å². The third-order valence-corrected chi connectivity index (χ3v) is 3.22. The van der Waals surface area contributed by atoms with Crippen LogP contribution in [0.25, 0.3) is 0 Å². The summed E-state index contributed by atoms with van der Waals surface area (Å²) in [5.41, 5.74) is 0.476. The molecule has 0 aliphatic carbocycles. The van der Waals surface area contributed by atoms with Gasteiger partial charge in [-0.3, -0.25) is 0 Å². The predicted octanol–water partition coefficient (Wildman–Crippen LogP) is -2.09. The summed E-state index contributed by atoms with van der Waals surface area (Å²) in [5.74, 6) is -1.15. The average molecular weight is 252 g/mol. The van der Waals surface area contributed by atoms with Gasteiger partial charge in [0, 0.05) is 0 Å². The van der Waals surface area contributed by atoms with Crippen molar-refractivity contribution >= 4 is 16.1 Å². The molecule has 0 aliphatic rings. The van der Waals surface area contributed by atoms with Gasteiger partial charge in [-0.25, -0.2) is 13.2 Å². The molecule has 0 bridgehead atoms. The predicted molar refractivity (Wildman–Crippen MR) is 50.8 cm³/mol. The van der Waals surface area contributed by atoms with Crippen LogP contribution in [0.15, 0.2) is 17.0 Å². The summed E-state index contributed by atoms with van der Waals surface area (Å²) in [6, 6.07) is 2.14. The van der Waals surface area contributed by atoms with E-state index in [4.69, 9.17) is 5.11 Å². The number of carboxylic acid groups (broad SMARTS) is 1. The quantitative estimate of drug-likeness (QED) is 0.481. The summed E-state index contributed by atoms with van der Waals surface area (Å²) in [5, 5.41) is 8.76. The molecule has 1 aromatic rings. The van der Waals surface area contributed by atoms with Crippen LogP contribution in [0.3, 0.4) is 0 Å². The summed E-state index contributed by atoms with van der Waals surface area (Å²) >= 11 is 0. The van der Waals surface area contributed by atoms with Gasteiger partial charge in [0.05, 0.1) is 10.5 Å². The first-order valence-electron chi connectivity index (χ1n) is 4.04. The molecule has 0 aromatic heterocycles. The van der Waals surface area contributed by atoms with Crippen LogP contribution in [0.4, 0.5) is 0 Å². The molecule has 0 amide bonds. The van der Waals surface area contributed by atoms with Crippen LogP contribution in [0.1, 0.15) is 21.5 Å². The van der Waals surface area contributed by atoms with Gasteiger partial charge < -0.3 is 9.66 Å². The van der Waals surface area contributed by atoms with Crippen LogP contribution in [0, 0.1) is 13.8 Å². The first kappa shape index (κ1) is 15.6. The number of carboxylic acids is 1. The smallest absolute Gasteiger partial charge is 0.744 e. The minimum absolute atomic E-state index is 0. The summed E-state index contributed by atoms with van der Waals surface area (Å²) in [4.78, 5) is 10.3.